The summed E-state index contributed by atoms with van der Waals surface area (Å²) in [4.78, 5) is 23.1. The number of Topliss-reactive ketones (excluding diaryl/α,β-unsaturated/α-hetero) is 1. The predicted octanol–water partition coefficient (Wildman–Crippen LogP) is 2.25. The normalized spacial score (nSPS) is 10.2. The molecule has 0 bridgehead atoms. The van der Waals surface area contributed by atoms with Crippen molar-refractivity contribution in [3.05, 3.63) is 52.0 Å². The number of benzene rings is 1. The van der Waals surface area contributed by atoms with Gasteiger partial charge in [-0.2, -0.15) is 0 Å². The number of hydrogen-bond donors (Lipinski definition) is 1. The number of carbonyl (C=O) groups excluding carboxylic acids is 2. The van der Waals surface area contributed by atoms with Gasteiger partial charge >= 0.3 is 0 Å². The third kappa shape index (κ3) is 3.17. The summed E-state index contributed by atoms with van der Waals surface area (Å²) in [5.74, 6) is -1.63. The van der Waals surface area contributed by atoms with E-state index in [1.165, 1.54) is 23.5 Å². The van der Waals surface area contributed by atoms with Crippen LogP contribution in [0.4, 0.5) is 4.39 Å². The Kier molecular flexibility index (Phi) is 3.91. The molecule has 0 atom stereocenters. The second-order valence-electron chi connectivity index (χ2n) is 3.70. The highest BCUT2D eigenvalue weighted by Gasteiger charge is 2.11. The lowest BCUT2D eigenvalue weighted by Gasteiger charge is -2.06. The van der Waals surface area contributed by atoms with Gasteiger partial charge in [0.25, 0.3) is 5.91 Å². The van der Waals surface area contributed by atoms with Crippen LogP contribution < -0.4 is 10.5 Å². The molecule has 4 nitrogen and oxygen atoms in total. The fourth-order valence-corrected chi connectivity index (χ4v) is 2.09. The maximum absolute atomic E-state index is 13.4. The molecule has 0 fully saturated rings. The molecule has 2 N–H and O–H groups in total. The van der Waals surface area contributed by atoms with E-state index in [0.29, 0.717) is 4.88 Å². The van der Waals surface area contributed by atoms with E-state index in [9.17, 15) is 14.0 Å². The summed E-state index contributed by atoms with van der Waals surface area (Å²) in [6.45, 7) is -0.185. The summed E-state index contributed by atoms with van der Waals surface area (Å²) >= 11 is 1.31. The van der Waals surface area contributed by atoms with Crippen LogP contribution in [0.1, 0.15) is 20.0 Å². The van der Waals surface area contributed by atoms with Crippen molar-refractivity contribution in [1.29, 1.82) is 0 Å². The van der Waals surface area contributed by atoms with Gasteiger partial charge in [-0.05, 0) is 23.6 Å². The molecule has 2 aromatic rings. The van der Waals surface area contributed by atoms with Crippen LogP contribution in [0.3, 0.4) is 0 Å². The third-order valence-corrected chi connectivity index (χ3v) is 3.28. The fraction of sp³-hybridized carbons (Fsp3) is 0.0769. The Hall–Kier alpha value is -2.21. The van der Waals surface area contributed by atoms with E-state index in [4.69, 9.17) is 10.5 Å². The highest BCUT2D eigenvalue weighted by Crippen LogP contribution is 2.17. The zero-order valence-electron chi connectivity index (χ0n) is 9.76. The van der Waals surface area contributed by atoms with Crippen LogP contribution in [-0.4, -0.2) is 18.3 Å². The van der Waals surface area contributed by atoms with Crippen LogP contribution in [0.25, 0.3) is 0 Å². The topological polar surface area (TPSA) is 69.4 Å². The van der Waals surface area contributed by atoms with Crippen molar-refractivity contribution in [2.45, 2.75) is 0 Å². The molecular weight excluding hydrogens is 269 g/mol. The quantitative estimate of drug-likeness (QED) is 0.853. The number of rotatable bonds is 5. The van der Waals surface area contributed by atoms with E-state index in [2.05, 4.69) is 0 Å². The molecule has 1 aromatic heterocycles. The number of primary amides is 1. The van der Waals surface area contributed by atoms with Crippen LogP contribution in [0.5, 0.6) is 5.75 Å². The average molecular weight is 279 g/mol. The molecule has 19 heavy (non-hydrogen) atoms. The first kappa shape index (κ1) is 13.2. The molecule has 0 saturated carbocycles. The van der Waals surface area contributed by atoms with Crippen molar-refractivity contribution >= 4 is 23.0 Å². The molecule has 0 spiro atoms. The van der Waals surface area contributed by atoms with E-state index in [0.717, 1.165) is 6.07 Å². The summed E-state index contributed by atoms with van der Waals surface area (Å²) in [7, 11) is 0. The van der Waals surface area contributed by atoms with Gasteiger partial charge in [-0.3, -0.25) is 9.59 Å². The van der Waals surface area contributed by atoms with E-state index < -0.39 is 11.7 Å². The number of nitrogens with two attached hydrogens (primary N) is 1. The molecule has 0 aliphatic rings. The molecule has 0 unspecified atom stereocenters. The van der Waals surface area contributed by atoms with E-state index >= 15 is 0 Å². The van der Waals surface area contributed by atoms with Gasteiger partial charge in [0.05, 0.1) is 10.4 Å². The van der Waals surface area contributed by atoms with Gasteiger partial charge < -0.3 is 10.5 Å². The Morgan fingerprint density at radius 1 is 1.32 bits per heavy atom. The van der Waals surface area contributed by atoms with Gasteiger partial charge in [-0.1, -0.05) is 6.07 Å². The monoisotopic (exact) mass is 279 g/mol. The zero-order chi connectivity index (χ0) is 13.8. The first-order valence-corrected chi connectivity index (χ1v) is 6.25. The fourth-order valence-electron chi connectivity index (χ4n) is 1.44. The van der Waals surface area contributed by atoms with Gasteiger partial charge in [-0.15, -0.1) is 11.3 Å². The Balaban J connectivity index is 2.02. The van der Waals surface area contributed by atoms with Gasteiger partial charge in [0.15, 0.2) is 6.61 Å². The lowest BCUT2D eigenvalue weighted by Crippen LogP contribution is -2.14. The van der Waals surface area contributed by atoms with Crippen molar-refractivity contribution in [2.75, 3.05) is 6.61 Å². The summed E-state index contributed by atoms with van der Waals surface area (Å²) in [5.41, 5.74) is 4.77. The Bertz CT molecular complexity index is 610. The largest absolute Gasteiger partial charge is 0.485 e. The number of amides is 1. The van der Waals surface area contributed by atoms with Crippen LogP contribution in [0.15, 0.2) is 35.7 Å². The first-order chi connectivity index (χ1) is 9.08. The molecule has 1 aromatic carbocycles. The number of carbonyl (C=O) groups is 2. The first-order valence-electron chi connectivity index (χ1n) is 5.37. The van der Waals surface area contributed by atoms with Crippen LogP contribution in [0.2, 0.25) is 0 Å². The van der Waals surface area contributed by atoms with Crippen LogP contribution in [-0.2, 0) is 0 Å². The minimum Gasteiger partial charge on any atom is -0.485 e. The number of ether oxygens (including phenoxy) is 1. The highest BCUT2D eigenvalue weighted by atomic mass is 32.1. The van der Waals surface area contributed by atoms with Gasteiger partial charge in [0.1, 0.15) is 11.6 Å². The van der Waals surface area contributed by atoms with Gasteiger partial charge in [0, 0.05) is 6.07 Å². The van der Waals surface area contributed by atoms with E-state index in [1.807, 2.05) is 0 Å². The summed E-state index contributed by atoms with van der Waals surface area (Å²) in [6, 6.07) is 7.10. The molecule has 1 amide bonds. The lowest BCUT2D eigenvalue weighted by atomic mass is 10.2. The summed E-state index contributed by atoms with van der Waals surface area (Å²) in [6.07, 6.45) is 0. The second kappa shape index (κ2) is 5.62. The summed E-state index contributed by atoms with van der Waals surface area (Å²) in [5, 5.41) is 1.79. The van der Waals surface area contributed by atoms with Gasteiger partial charge in [0.2, 0.25) is 5.78 Å². The molecule has 0 radical (unpaired) electrons. The predicted molar refractivity (Wildman–Crippen MR) is 69.1 cm³/mol. The molecule has 0 aliphatic heterocycles. The molecule has 2 rings (SSSR count). The maximum atomic E-state index is 13.4. The minimum absolute atomic E-state index is 0.174. The average Bonchev–Trinajstić information content (AvgIpc) is 2.89. The Morgan fingerprint density at radius 3 is 2.68 bits per heavy atom. The minimum atomic E-state index is -0.848. The number of halogens is 1. The molecular formula is C13H10FNO3S. The Morgan fingerprint density at radius 2 is 2.11 bits per heavy atom. The third-order valence-electron chi connectivity index (χ3n) is 2.37. The smallest absolute Gasteiger partial charge is 0.251 e. The molecule has 1 heterocycles. The molecule has 0 saturated heterocycles. The Labute approximate surface area is 112 Å². The van der Waals surface area contributed by atoms with Crippen molar-refractivity contribution < 1.29 is 18.7 Å². The molecule has 0 aliphatic carbocycles. The lowest BCUT2D eigenvalue weighted by molar-refractivity contribution is 0.0923. The SMILES string of the molecule is NC(=O)c1ccc(OCC(=O)c2cccs2)cc1F. The van der Waals surface area contributed by atoms with Crippen LogP contribution in [0, 0.1) is 5.82 Å². The molecule has 6 heteroatoms. The number of hydrogen-bond acceptors (Lipinski definition) is 4. The van der Waals surface area contributed by atoms with Crippen molar-refractivity contribution in [2.24, 2.45) is 5.73 Å². The standard InChI is InChI=1S/C13H10FNO3S/c14-10-6-8(3-4-9(10)13(15)17)18-7-11(16)12-2-1-5-19-12/h1-6H,7H2,(H2,15,17). The highest BCUT2D eigenvalue weighted by molar-refractivity contribution is 7.12. The van der Waals surface area contributed by atoms with E-state index in [-0.39, 0.29) is 23.7 Å². The van der Waals surface area contributed by atoms with Crippen molar-refractivity contribution in [3.63, 3.8) is 0 Å². The number of ketones is 1. The molecule has 98 valence electrons. The summed E-state index contributed by atoms with van der Waals surface area (Å²) < 4.78 is 18.6. The second-order valence-corrected chi connectivity index (χ2v) is 4.64. The zero-order valence-corrected chi connectivity index (χ0v) is 10.6. The van der Waals surface area contributed by atoms with Crippen LogP contribution >= 0.6 is 11.3 Å². The van der Waals surface area contributed by atoms with Crippen molar-refractivity contribution in [1.82, 2.24) is 0 Å². The number of thiophene rings is 1. The van der Waals surface area contributed by atoms with E-state index in [1.54, 1.807) is 17.5 Å². The maximum Gasteiger partial charge on any atom is 0.251 e. The van der Waals surface area contributed by atoms with Gasteiger partial charge in [-0.25, -0.2) is 4.39 Å². The van der Waals surface area contributed by atoms with Crippen molar-refractivity contribution in [3.8, 4) is 5.75 Å².